The predicted molar refractivity (Wildman–Crippen MR) is 56.1 cm³/mol. The summed E-state index contributed by atoms with van der Waals surface area (Å²) in [5.41, 5.74) is -1.16. The lowest BCUT2D eigenvalue weighted by atomic mass is 9.82. The van der Waals surface area contributed by atoms with E-state index in [1.807, 2.05) is 0 Å². The molecule has 1 N–H and O–H groups in total. The van der Waals surface area contributed by atoms with Gasteiger partial charge in [-0.25, -0.2) is 0 Å². The van der Waals surface area contributed by atoms with Gasteiger partial charge in [0.05, 0.1) is 12.2 Å². The number of hydrogen-bond donors (Lipinski definition) is 1. The van der Waals surface area contributed by atoms with Crippen molar-refractivity contribution in [2.75, 3.05) is 0 Å². The zero-order valence-electron chi connectivity index (χ0n) is 9.52. The van der Waals surface area contributed by atoms with Crippen molar-refractivity contribution in [2.45, 2.75) is 39.0 Å². The third-order valence-corrected chi connectivity index (χ3v) is 2.41. The highest BCUT2D eigenvalue weighted by Crippen LogP contribution is 2.39. The Hall–Kier alpha value is -1.03. The molecule has 90 valence electrons. The highest BCUT2D eigenvalue weighted by Gasteiger charge is 2.38. The van der Waals surface area contributed by atoms with Crippen LogP contribution in [0, 0.1) is 0 Å². The molecule has 0 amide bonds. The largest absolute Gasteiger partial charge is 0.417 e. The van der Waals surface area contributed by atoms with Crippen molar-refractivity contribution >= 4 is 0 Å². The lowest BCUT2D eigenvalue weighted by Gasteiger charge is -2.25. The van der Waals surface area contributed by atoms with Crippen molar-refractivity contribution in [3.63, 3.8) is 0 Å². The summed E-state index contributed by atoms with van der Waals surface area (Å²) in [5, 5.41) is 8.97. The van der Waals surface area contributed by atoms with E-state index in [0.717, 1.165) is 0 Å². The number of hydrogen-bond acceptors (Lipinski definition) is 1. The van der Waals surface area contributed by atoms with Gasteiger partial charge in [0.15, 0.2) is 0 Å². The van der Waals surface area contributed by atoms with E-state index in [-0.39, 0.29) is 11.1 Å². The van der Waals surface area contributed by atoms with Crippen LogP contribution in [0.2, 0.25) is 0 Å². The molecule has 1 aromatic rings. The SMILES string of the molecule is CC(C)(C)c1cccc(CO)c1C(F)(F)F. The first-order valence-electron chi connectivity index (χ1n) is 4.98. The lowest BCUT2D eigenvalue weighted by molar-refractivity contribution is -0.139. The Labute approximate surface area is 92.9 Å². The van der Waals surface area contributed by atoms with Gasteiger partial charge in [0.25, 0.3) is 0 Å². The Kier molecular flexibility index (Phi) is 3.33. The van der Waals surface area contributed by atoms with Gasteiger partial charge in [-0.2, -0.15) is 13.2 Å². The van der Waals surface area contributed by atoms with E-state index >= 15 is 0 Å². The molecular formula is C12H15F3O. The van der Waals surface area contributed by atoms with Crippen molar-refractivity contribution in [2.24, 2.45) is 0 Å². The molecule has 0 aromatic heterocycles. The monoisotopic (exact) mass is 232 g/mol. The van der Waals surface area contributed by atoms with E-state index in [4.69, 9.17) is 5.11 Å². The van der Waals surface area contributed by atoms with Crippen molar-refractivity contribution < 1.29 is 18.3 Å². The van der Waals surface area contributed by atoms with Gasteiger partial charge < -0.3 is 5.11 Å². The summed E-state index contributed by atoms with van der Waals surface area (Å²) >= 11 is 0. The Morgan fingerprint density at radius 2 is 1.69 bits per heavy atom. The van der Waals surface area contributed by atoms with E-state index in [2.05, 4.69) is 0 Å². The molecule has 0 unspecified atom stereocenters. The van der Waals surface area contributed by atoms with Gasteiger partial charge in [0.1, 0.15) is 0 Å². The van der Waals surface area contributed by atoms with Crippen LogP contribution in [0.15, 0.2) is 18.2 Å². The Bertz CT molecular complexity index is 375. The first-order valence-corrected chi connectivity index (χ1v) is 4.98. The summed E-state index contributed by atoms with van der Waals surface area (Å²) in [6.45, 7) is 4.56. The fourth-order valence-corrected chi connectivity index (χ4v) is 1.69. The molecule has 0 atom stereocenters. The minimum absolute atomic E-state index is 0.0695. The standard InChI is InChI=1S/C12H15F3O/c1-11(2,3)9-6-4-5-8(7-16)10(9)12(13,14)15/h4-6,16H,7H2,1-3H3. The molecular weight excluding hydrogens is 217 g/mol. The van der Waals surface area contributed by atoms with Gasteiger partial charge in [-0.05, 0) is 16.5 Å². The molecule has 1 aromatic carbocycles. The molecule has 0 saturated carbocycles. The van der Waals surface area contributed by atoms with Crippen LogP contribution in [-0.2, 0) is 18.2 Å². The minimum atomic E-state index is -4.43. The van der Waals surface area contributed by atoms with Gasteiger partial charge in [0.2, 0.25) is 0 Å². The molecule has 0 aliphatic rings. The van der Waals surface area contributed by atoms with Crippen LogP contribution < -0.4 is 0 Å². The van der Waals surface area contributed by atoms with Gasteiger partial charge in [-0.3, -0.25) is 0 Å². The van der Waals surface area contributed by atoms with Gasteiger partial charge in [-0.15, -0.1) is 0 Å². The van der Waals surface area contributed by atoms with Crippen molar-refractivity contribution in [1.82, 2.24) is 0 Å². The van der Waals surface area contributed by atoms with Crippen molar-refractivity contribution in [3.8, 4) is 0 Å². The molecule has 1 rings (SSSR count). The molecule has 0 radical (unpaired) electrons. The van der Waals surface area contributed by atoms with Crippen molar-refractivity contribution in [3.05, 3.63) is 34.9 Å². The fourth-order valence-electron chi connectivity index (χ4n) is 1.69. The molecule has 0 aliphatic heterocycles. The highest BCUT2D eigenvalue weighted by atomic mass is 19.4. The van der Waals surface area contributed by atoms with E-state index in [1.165, 1.54) is 12.1 Å². The maximum atomic E-state index is 12.9. The van der Waals surface area contributed by atoms with Crippen LogP contribution in [0.3, 0.4) is 0 Å². The third-order valence-electron chi connectivity index (χ3n) is 2.41. The molecule has 16 heavy (non-hydrogen) atoms. The summed E-state index contributed by atoms with van der Waals surface area (Å²) in [5.74, 6) is 0. The summed E-state index contributed by atoms with van der Waals surface area (Å²) < 4.78 is 38.7. The van der Waals surface area contributed by atoms with Gasteiger partial charge >= 0.3 is 6.18 Å². The van der Waals surface area contributed by atoms with Crippen molar-refractivity contribution in [1.29, 1.82) is 0 Å². The van der Waals surface area contributed by atoms with E-state index < -0.39 is 23.8 Å². The second-order valence-electron chi connectivity index (χ2n) is 4.75. The normalized spacial score (nSPS) is 12.9. The first-order chi connectivity index (χ1) is 7.18. The molecule has 0 saturated heterocycles. The van der Waals surface area contributed by atoms with Crippen LogP contribution >= 0.6 is 0 Å². The van der Waals surface area contributed by atoms with E-state index in [0.29, 0.717) is 0 Å². The summed E-state index contributed by atoms with van der Waals surface area (Å²) in [6.07, 6.45) is -4.43. The number of aliphatic hydroxyl groups is 1. The van der Waals surface area contributed by atoms with Crippen LogP contribution in [0.4, 0.5) is 13.2 Å². The molecule has 0 heterocycles. The molecule has 0 bridgehead atoms. The summed E-state index contributed by atoms with van der Waals surface area (Å²) in [7, 11) is 0. The second kappa shape index (κ2) is 4.09. The predicted octanol–water partition coefficient (Wildman–Crippen LogP) is 3.50. The average Bonchev–Trinajstić information content (AvgIpc) is 2.13. The number of rotatable bonds is 1. The number of aliphatic hydroxyl groups excluding tert-OH is 1. The minimum Gasteiger partial charge on any atom is -0.392 e. The summed E-state index contributed by atoms with van der Waals surface area (Å²) in [6, 6.07) is 4.31. The molecule has 0 aliphatic carbocycles. The molecule has 1 nitrogen and oxygen atoms in total. The smallest absolute Gasteiger partial charge is 0.392 e. The highest BCUT2D eigenvalue weighted by molar-refractivity contribution is 5.41. The van der Waals surface area contributed by atoms with Crippen LogP contribution in [-0.4, -0.2) is 5.11 Å². The number of alkyl halides is 3. The topological polar surface area (TPSA) is 20.2 Å². The number of benzene rings is 1. The van der Waals surface area contributed by atoms with Crippen LogP contribution in [0.1, 0.15) is 37.5 Å². The van der Waals surface area contributed by atoms with Crippen LogP contribution in [0.5, 0.6) is 0 Å². The first kappa shape index (κ1) is 13.0. The maximum absolute atomic E-state index is 12.9. The lowest BCUT2D eigenvalue weighted by Crippen LogP contribution is -2.21. The Morgan fingerprint density at radius 3 is 2.06 bits per heavy atom. The maximum Gasteiger partial charge on any atom is 0.417 e. The molecule has 0 fully saturated rings. The molecule has 4 heteroatoms. The van der Waals surface area contributed by atoms with Gasteiger partial charge in [0, 0.05) is 0 Å². The van der Waals surface area contributed by atoms with E-state index in [9.17, 15) is 13.2 Å². The Morgan fingerprint density at radius 1 is 1.12 bits per heavy atom. The average molecular weight is 232 g/mol. The quantitative estimate of drug-likeness (QED) is 0.785. The van der Waals surface area contributed by atoms with E-state index in [1.54, 1.807) is 26.8 Å². The summed E-state index contributed by atoms with van der Waals surface area (Å²) in [4.78, 5) is 0. The number of halogens is 3. The van der Waals surface area contributed by atoms with Gasteiger partial charge in [-0.1, -0.05) is 39.0 Å². The second-order valence-corrected chi connectivity index (χ2v) is 4.75. The fraction of sp³-hybridized carbons (Fsp3) is 0.500. The zero-order chi connectivity index (χ0) is 12.6. The molecule has 0 spiro atoms. The zero-order valence-corrected chi connectivity index (χ0v) is 9.52. The Balaban J connectivity index is 3.51. The van der Waals surface area contributed by atoms with Crippen LogP contribution in [0.25, 0.3) is 0 Å². The third kappa shape index (κ3) is 2.55.